The molecule has 1 heterocycles. The maximum atomic E-state index is 12.3. The first-order valence-electron chi connectivity index (χ1n) is 6.17. The Bertz CT molecular complexity index is 651. The molecule has 6 heteroatoms. The molecule has 4 nitrogen and oxygen atoms in total. The van der Waals surface area contributed by atoms with Crippen molar-refractivity contribution in [2.24, 2.45) is 0 Å². The Morgan fingerprint density at radius 3 is 2.60 bits per heavy atom. The van der Waals surface area contributed by atoms with Crippen LogP contribution >= 0.6 is 11.3 Å². The van der Waals surface area contributed by atoms with Gasteiger partial charge in [0.1, 0.15) is 9.96 Å². The maximum absolute atomic E-state index is 12.3. The van der Waals surface area contributed by atoms with Crippen molar-refractivity contribution in [2.45, 2.75) is 10.6 Å². The normalized spacial score (nSPS) is 11.8. The first kappa shape index (κ1) is 15.0. The fourth-order valence-electron chi connectivity index (χ4n) is 1.87. The molecule has 2 aromatic rings. The van der Waals surface area contributed by atoms with Crippen LogP contribution in [0, 0.1) is 0 Å². The molecule has 2 rings (SSSR count). The highest BCUT2D eigenvalue weighted by Gasteiger charge is 2.21. The number of likely N-dealkylation sites (N-methyl/N-ethyl adjacent to an activating group) is 1. The predicted octanol–water partition coefficient (Wildman–Crippen LogP) is 2.62. The summed E-state index contributed by atoms with van der Waals surface area (Å²) in [7, 11) is -0.157. The summed E-state index contributed by atoms with van der Waals surface area (Å²) in [5, 5.41) is 1.76. The van der Waals surface area contributed by atoms with Gasteiger partial charge in [-0.1, -0.05) is 24.3 Å². The molecule has 0 amide bonds. The summed E-state index contributed by atoms with van der Waals surface area (Å²) in [5.41, 5.74) is 1.00. The van der Waals surface area contributed by atoms with Crippen molar-refractivity contribution in [3.05, 3.63) is 47.3 Å². The molecule has 0 spiro atoms. The van der Waals surface area contributed by atoms with Crippen molar-refractivity contribution in [1.29, 1.82) is 0 Å². The molecule has 0 fully saturated rings. The highest BCUT2D eigenvalue weighted by molar-refractivity contribution is 7.91. The van der Waals surface area contributed by atoms with E-state index in [0.29, 0.717) is 17.2 Å². The van der Waals surface area contributed by atoms with Gasteiger partial charge in [0, 0.05) is 13.6 Å². The molecule has 1 aromatic carbocycles. The van der Waals surface area contributed by atoms with Crippen LogP contribution in [0.2, 0.25) is 0 Å². The molecule has 0 unspecified atom stereocenters. The van der Waals surface area contributed by atoms with E-state index in [1.165, 1.54) is 15.6 Å². The standard InChI is InChI=1S/C14H17NO3S2/c1-15(20(16,17)14-8-5-11-19-14)10-9-12-6-3-4-7-13(12)18-2/h3-8,11H,9-10H2,1-2H3. The molecule has 0 saturated carbocycles. The fraction of sp³-hybridized carbons (Fsp3) is 0.286. The molecule has 0 aliphatic carbocycles. The molecule has 0 N–H and O–H groups in total. The minimum atomic E-state index is -3.37. The average molecular weight is 311 g/mol. The van der Waals surface area contributed by atoms with Crippen molar-refractivity contribution in [1.82, 2.24) is 4.31 Å². The third-order valence-corrected chi connectivity index (χ3v) is 6.28. The zero-order valence-corrected chi connectivity index (χ0v) is 13.1. The number of hydrogen-bond acceptors (Lipinski definition) is 4. The van der Waals surface area contributed by atoms with E-state index in [4.69, 9.17) is 4.74 Å². The van der Waals surface area contributed by atoms with Gasteiger partial charge in [-0.25, -0.2) is 8.42 Å². The maximum Gasteiger partial charge on any atom is 0.252 e. The first-order chi connectivity index (χ1) is 9.55. The number of ether oxygens (including phenoxy) is 1. The highest BCUT2D eigenvalue weighted by Crippen LogP contribution is 2.22. The van der Waals surface area contributed by atoms with Gasteiger partial charge in [-0.3, -0.25) is 0 Å². The lowest BCUT2D eigenvalue weighted by Crippen LogP contribution is -2.28. The number of para-hydroxylation sites is 1. The summed E-state index contributed by atoms with van der Waals surface area (Å²) in [4.78, 5) is 0. The molecular formula is C14H17NO3S2. The zero-order chi connectivity index (χ0) is 14.6. The second-order valence-corrected chi connectivity index (χ2v) is 7.54. The summed E-state index contributed by atoms with van der Waals surface area (Å²) in [6.45, 7) is 0.417. The van der Waals surface area contributed by atoms with Crippen LogP contribution in [0.25, 0.3) is 0 Å². The van der Waals surface area contributed by atoms with Crippen molar-refractivity contribution >= 4 is 21.4 Å². The molecule has 0 saturated heterocycles. The van der Waals surface area contributed by atoms with E-state index in [1.807, 2.05) is 24.3 Å². The van der Waals surface area contributed by atoms with Crippen LogP contribution in [-0.2, 0) is 16.4 Å². The monoisotopic (exact) mass is 311 g/mol. The number of methoxy groups -OCH3 is 1. The predicted molar refractivity (Wildman–Crippen MR) is 80.8 cm³/mol. The lowest BCUT2D eigenvalue weighted by Gasteiger charge is -2.16. The van der Waals surface area contributed by atoms with Crippen molar-refractivity contribution in [3.63, 3.8) is 0 Å². The van der Waals surface area contributed by atoms with E-state index < -0.39 is 10.0 Å². The minimum absolute atomic E-state index is 0.375. The van der Waals surface area contributed by atoms with Gasteiger partial charge in [-0.15, -0.1) is 11.3 Å². The van der Waals surface area contributed by atoms with E-state index in [9.17, 15) is 8.42 Å². The Balaban J connectivity index is 2.08. The highest BCUT2D eigenvalue weighted by atomic mass is 32.2. The number of thiophene rings is 1. The Labute approximate surface area is 123 Å². The van der Waals surface area contributed by atoms with E-state index in [1.54, 1.807) is 31.7 Å². The van der Waals surface area contributed by atoms with Gasteiger partial charge in [0.2, 0.25) is 0 Å². The van der Waals surface area contributed by atoms with Crippen LogP contribution in [0.5, 0.6) is 5.75 Å². The summed E-state index contributed by atoms with van der Waals surface area (Å²) < 4.78 is 31.6. The lowest BCUT2D eigenvalue weighted by molar-refractivity contribution is 0.406. The van der Waals surface area contributed by atoms with E-state index in [2.05, 4.69) is 0 Å². The van der Waals surface area contributed by atoms with Crippen LogP contribution in [0.15, 0.2) is 46.0 Å². The summed E-state index contributed by atoms with van der Waals surface area (Å²) in [5.74, 6) is 0.787. The van der Waals surface area contributed by atoms with Crippen molar-refractivity contribution in [2.75, 3.05) is 20.7 Å². The molecule has 1 aromatic heterocycles. The Morgan fingerprint density at radius 2 is 1.95 bits per heavy atom. The second-order valence-electron chi connectivity index (χ2n) is 4.32. The summed E-state index contributed by atoms with van der Waals surface area (Å²) in [6, 6.07) is 11.0. The molecule has 0 radical (unpaired) electrons. The summed E-state index contributed by atoms with van der Waals surface area (Å²) in [6.07, 6.45) is 0.616. The Morgan fingerprint density at radius 1 is 1.20 bits per heavy atom. The molecule has 108 valence electrons. The topological polar surface area (TPSA) is 46.6 Å². The van der Waals surface area contributed by atoms with Crippen LogP contribution in [0.3, 0.4) is 0 Å². The van der Waals surface area contributed by atoms with Crippen LogP contribution in [0.4, 0.5) is 0 Å². The fourth-order valence-corrected chi connectivity index (χ4v) is 4.24. The molecular weight excluding hydrogens is 294 g/mol. The molecule has 0 bridgehead atoms. The number of rotatable bonds is 6. The second kappa shape index (κ2) is 6.39. The van der Waals surface area contributed by atoms with Gasteiger partial charge in [-0.05, 0) is 29.5 Å². The number of nitrogens with zero attached hydrogens (tertiary/aromatic N) is 1. The van der Waals surface area contributed by atoms with Crippen molar-refractivity contribution < 1.29 is 13.2 Å². The van der Waals surface area contributed by atoms with Crippen molar-refractivity contribution in [3.8, 4) is 5.75 Å². The smallest absolute Gasteiger partial charge is 0.252 e. The van der Waals surface area contributed by atoms with Crippen LogP contribution < -0.4 is 4.74 Å². The SMILES string of the molecule is COc1ccccc1CCN(C)S(=O)(=O)c1cccs1. The third-order valence-electron chi connectivity index (χ3n) is 3.05. The number of benzene rings is 1. The number of sulfonamides is 1. The van der Waals surface area contributed by atoms with E-state index in [0.717, 1.165) is 11.3 Å². The van der Waals surface area contributed by atoms with Crippen LogP contribution in [-0.4, -0.2) is 33.4 Å². The first-order valence-corrected chi connectivity index (χ1v) is 8.49. The third kappa shape index (κ3) is 3.20. The minimum Gasteiger partial charge on any atom is -0.496 e. The molecule has 20 heavy (non-hydrogen) atoms. The zero-order valence-electron chi connectivity index (χ0n) is 11.4. The average Bonchev–Trinajstić information content (AvgIpc) is 2.99. The number of hydrogen-bond donors (Lipinski definition) is 0. The lowest BCUT2D eigenvalue weighted by atomic mass is 10.1. The van der Waals surface area contributed by atoms with Crippen LogP contribution in [0.1, 0.15) is 5.56 Å². The quantitative estimate of drug-likeness (QED) is 0.824. The molecule has 0 aliphatic rings. The van der Waals surface area contributed by atoms with Gasteiger partial charge < -0.3 is 4.74 Å². The van der Waals surface area contributed by atoms with Gasteiger partial charge in [0.25, 0.3) is 10.0 Å². The Kier molecular flexibility index (Phi) is 4.80. The molecule has 0 aliphatic heterocycles. The van der Waals surface area contributed by atoms with Gasteiger partial charge in [0.15, 0.2) is 0 Å². The van der Waals surface area contributed by atoms with E-state index >= 15 is 0 Å². The van der Waals surface area contributed by atoms with Gasteiger partial charge in [-0.2, -0.15) is 4.31 Å². The summed E-state index contributed by atoms with van der Waals surface area (Å²) >= 11 is 1.23. The van der Waals surface area contributed by atoms with E-state index in [-0.39, 0.29) is 0 Å². The largest absolute Gasteiger partial charge is 0.496 e. The van der Waals surface area contributed by atoms with Gasteiger partial charge >= 0.3 is 0 Å². The molecule has 0 atom stereocenters. The van der Waals surface area contributed by atoms with Gasteiger partial charge in [0.05, 0.1) is 7.11 Å². The Hall–Kier alpha value is -1.37.